The molecule has 1 atom stereocenters. The summed E-state index contributed by atoms with van der Waals surface area (Å²) in [7, 11) is 0. The normalized spacial score (nSPS) is 17.8. The van der Waals surface area contributed by atoms with Crippen molar-refractivity contribution in [1.29, 1.82) is 0 Å². The topological polar surface area (TPSA) is 43.1 Å². The number of hydrogen-bond donors (Lipinski definition) is 0. The van der Waals surface area contributed by atoms with Gasteiger partial charge in [-0.3, -0.25) is 0 Å². The fourth-order valence-corrected chi connectivity index (χ4v) is 2.14. The zero-order valence-electron chi connectivity index (χ0n) is 13.4. The number of amides is 1. The number of ether oxygens (including phenoxy) is 2. The number of nitrogens with zero attached hydrogens (tertiary/aromatic N) is 2. The van der Waals surface area contributed by atoms with Crippen LogP contribution < -0.4 is 4.74 Å². The van der Waals surface area contributed by atoms with Gasteiger partial charge in [0.1, 0.15) is 23.3 Å². The molecule has 0 N–H and O–H groups in total. The van der Waals surface area contributed by atoms with Crippen molar-refractivity contribution in [2.45, 2.75) is 32.5 Å². The van der Waals surface area contributed by atoms with Gasteiger partial charge in [0.15, 0.2) is 0 Å². The Labute approximate surface area is 135 Å². The van der Waals surface area contributed by atoms with E-state index in [1.807, 2.05) is 0 Å². The fraction of sp³-hybridized carbons (Fsp3) is 0.412. The number of rotatable bonds is 2. The first-order valence-electron chi connectivity index (χ1n) is 7.19. The van der Waals surface area contributed by atoms with Crippen LogP contribution in [0.1, 0.15) is 20.8 Å². The average Bonchev–Trinajstić information content (AvgIpc) is 2.79. The Bertz CT molecular complexity index is 673. The summed E-state index contributed by atoms with van der Waals surface area (Å²) in [5.41, 5.74) is 0.0827. The molecule has 0 aliphatic carbocycles. The molecule has 0 bridgehead atoms. The molecule has 0 spiro atoms. The van der Waals surface area contributed by atoms with Gasteiger partial charge < -0.3 is 14.4 Å². The van der Waals surface area contributed by atoms with Gasteiger partial charge in [-0.15, -0.1) is 0 Å². The molecular formula is C17H19FN2O3. The third-order valence-electron chi connectivity index (χ3n) is 3.21. The highest BCUT2D eigenvalue weighted by Crippen LogP contribution is 2.27. The van der Waals surface area contributed by atoms with E-state index in [0.717, 1.165) is 6.07 Å². The SMILES string of the molecule is [C-]#[N+]c1ccc(O[C@H]2CN(C(=O)OC(C)(C)C)CC2=C)cc1F. The standard InChI is InChI=1S/C17H19FN2O3/c1-11-9-20(16(21)23-17(2,3)4)10-15(11)22-12-6-7-14(19-5)13(18)8-12/h6-8,15H,1,9-10H2,2-4H3/t15-/m0/s1. The summed E-state index contributed by atoms with van der Waals surface area (Å²) in [5, 5.41) is 0. The van der Waals surface area contributed by atoms with Crippen molar-refractivity contribution in [2.24, 2.45) is 0 Å². The third-order valence-corrected chi connectivity index (χ3v) is 3.21. The number of hydrogen-bond acceptors (Lipinski definition) is 3. The lowest BCUT2D eigenvalue weighted by atomic mass is 10.2. The zero-order chi connectivity index (χ0) is 17.2. The van der Waals surface area contributed by atoms with Crippen LogP contribution in [0.15, 0.2) is 30.4 Å². The van der Waals surface area contributed by atoms with Gasteiger partial charge in [-0.05, 0) is 38.5 Å². The average molecular weight is 318 g/mol. The number of benzene rings is 1. The molecule has 0 unspecified atom stereocenters. The van der Waals surface area contributed by atoms with Crippen LogP contribution in [0.4, 0.5) is 14.9 Å². The number of halogens is 1. The number of carbonyl (C=O) groups is 1. The van der Waals surface area contributed by atoms with Crippen molar-refractivity contribution in [3.8, 4) is 5.75 Å². The molecule has 6 heteroatoms. The second kappa shape index (κ2) is 6.29. The predicted molar refractivity (Wildman–Crippen MR) is 84.0 cm³/mol. The van der Waals surface area contributed by atoms with Gasteiger partial charge in [-0.1, -0.05) is 6.58 Å². The first kappa shape index (κ1) is 16.8. The summed E-state index contributed by atoms with van der Waals surface area (Å²) >= 11 is 0. The van der Waals surface area contributed by atoms with Gasteiger partial charge in [0.2, 0.25) is 5.69 Å². The maximum Gasteiger partial charge on any atom is 0.410 e. The van der Waals surface area contributed by atoms with Crippen molar-refractivity contribution in [1.82, 2.24) is 4.90 Å². The number of likely N-dealkylation sites (tertiary alicyclic amines) is 1. The van der Waals surface area contributed by atoms with E-state index >= 15 is 0 Å². The van der Waals surface area contributed by atoms with Crippen LogP contribution in [0.5, 0.6) is 5.75 Å². The molecule has 122 valence electrons. The Morgan fingerprint density at radius 1 is 1.48 bits per heavy atom. The molecule has 23 heavy (non-hydrogen) atoms. The van der Waals surface area contributed by atoms with Crippen LogP contribution in [-0.2, 0) is 4.74 Å². The van der Waals surface area contributed by atoms with E-state index in [1.54, 1.807) is 20.8 Å². The summed E-state index contributed by atoms with van der Waals surface area (Å²) in [6.45, 7) is 16.7. The Morgan fingerprint density at radius 3 is 2.74 bits per heavy atom. The second-order valence-corrected chi connectivity index (χ2v) is 6.35. The molecule has 1 aromatic carbocycles. The van der Waals surface area contributed by atoms with Gasteiger partial charge in [-0.25, -0.2) is 14.0 Å². The molecule has 5 nitrogen and oxygen atoms in total. The van der Waals surface area contributed by atoms with Crippen LogP contribution in [0.25, 0.3) is 4.85 Å². The molecule has 1 amide bonds. The molecule has 2 rings (SSSR count). The highest BCUT2D eigenvalue weighted by Gasteiger charge is 2.33. The fourth-order valence-electron chi connectivity index (χ4n) is 2.14. The van der Waals surface area contributed by atoms with E-state index in [0.29, 0.717) is 24.4 Å². The first-order chi connectivity index (χ1) is 10.7. The lowest BCUT2D eigenvalue weighted by Gasteiger charge is -2.24. The molecule has 1 aromatic rings. The van der Waals surface area contributed by atoms with Crippen molar-refractivity contribution >= 4 is 11.8 Å². The van der Waals surface area contributed by atoms with E-state index in [9.17, 15) is 9.18 Å². The smallest absolute Gasteiger partial charge is 0.410 e. The van der Waals surface area contributed by atoms with E-state index < -0.39 is 23.6 Å². The van der Waals surface area contributed by atoms with Crippen LogP contribution in [-0.4, -0.2) is 35.8 Å². The van der Waals surface area contributed by atoms with Gasteiger partial charge in [0, 0.05) is 12.6 Å². The van der Waals surface area contributed by atoms with Crippen molar-refractivity contribution in [3.05, 3.63) is 47.6 Å². The van der Waals surface area contributed by atoms with E-state index in [-0.39, 0.29) is 5.69 Å². The minimum atomic E-state index is -0.634. The lowest BCUT2D eigenvalue weighted by molar-refractivity contribution is 0.0276. The summed E-state index contributed by atoms with van der Waals surface area (Å²) < 4.78 is 24.6. The van der Waals surface area contributed by atoms with Crippen molar-refractivity contribution in [2.75, 3.05) is 13.1 Å². The first-order valence-corrected chi connectivity index (χ1v) is 7.19. The minimum absolute atomic E-state index is 0.0574. The van der Waals surface area contributed by atoms with Crippen LogP contribution in [0, 0.1) is 12.4 Å². The number of carbonyl (C=O) groups excluding carboxylic acids is 1. The summed E-state index contributed by atoms with van der Waals surface area (Å²) in [6.07, 6.45) is -0.861. The molecule has 0 aromatic heterocycles. The third kappa shape index (κ3) is 4.22. The summed E-state index contributed by atoms with van der Waals surface area (Å²) in [4.78, 5) is 16.6. The molecule has 1 aliphatic heterocycles. The largest absolute Gasteiger partial charge is 0.484 e. The monoisotopic (exact) mass is 318 g/mol. The van der Waals surface area contributed by atoms with E-state index in [4.69, 9.17) is 16.0 Å². The van der Waals surface area contributed by atoms with Crippen LogP contribution in [0.2, 0.25) is 0 Å². The predicted octanol–water partition coefficient (Wildman–Crippen LogP) is 3.93. The highest BCUT2D eigenvalue weighted by molar-refractivity contribution is 5.69. The van der Waals surface area contributed by atoms with E-state index in [2.05, 4.69) is 11.4 Å². The Hall–Kier alpha value is -2.55. The Balaban J connectivity index is 2.02. The highest BCUT2D eigenvalue weighted by atomic mass is 19.1. The zero-order valence-corrected chi connectivity index (χ0v) is 13.4. The molecule has 1 aliphatic rings. The quantitative estimate of drug-likeness (QED) is 0.613. The van der Waals surface area contributed by atoms with Gasteiger partial charge in [-0.2, -0.15) is 0 Å². The van der Waals surface area contributed by atoms with Gasteiger partial charge in [0.25, 0.3) is 0 Å². The summed E-state index contributed by atoms with van der Waals surface area (Å²) in [5.74, 6) is -0.336. The summed E-state index contributed by atoms with van der Waals surface area (Å²) in [6, 6.07) is 4.05. The Kier molecular flexibility index (Phi) is 4.60. The van der Waals surface area contributed by atoms with Crippen LogP contribution in [0.3, 0.4) is 0 Å². The molecule has 1 fully saturated rings. The maximum atomic E-state index is 13.6. The molecular weight excluding hydrogens is 299 g/mol. The van der Waals surface area contributed by atoms with E-state index in [1.165, 1.54) is 17.0 Å². The Morgan fingerprint density at radius 2 is 2.17 bits per heavy atom. The molecule has 1 saturated heterocycles. The molecule has 1 heterocycles. The van der Waals surface area contributed by atoms with Gasteiger partial charge >= 0.3 is 6.09 Å². The molecule has 0 saturated carbocycles. The van der Waals surface area contributed by atoms with Crippen LogP contribution >= 0.6 is 0 Å². The van der Waals surface area contributed by atoms with Crippen molar-refractivity contribution < 1.29 is 18.7 Å². The van der Waals surface area contributed by atoms with Crippen molar-refractivity contribution in [3.63, 3.8) is 0 Å². The second-order valence-electron chi connectivity index (χ2n) is 6.35. The van der Waals surface area contributed by atoms with Gasteiger partial charge in [0.05, 0.1) is 13.1 Å². The maximum absolute atomic E-state index is 13.6. The minimum Gasteiger partial charge on any atom is -0.484 e. The molecule has 0 radical (unpaired) electrons. The lowest BCUT2D eigenvalue weighted by Crippen LogP contribution is -2.36.